The Hall–Kier alpha value is -1.88. The standard InChI is InChI=1S/C14H14N2O2S/c1-9-8-19-13(16-9)7-15-14(17)12-6-10-4-2-3-5-11(10)18-12/h2-5,8,12H,6-7H2,1H3,(H,15,17)/t12-/m0/s1. The minimum atomic E-state index is -0.418. The number of hydrogen-bond acceptors (Lipinski definition) is 4. The smallest absolute Gasteiger partial charge is 0.261 e. The van der Waals surface area contributed by atoms with Gasteiger partial charge in [-0.15, -0.1) is 11.3 Å². The molecule has 0 saturated carbocycles. The Morgan fingerprint density at radius 2 is 2.37 bits per heavy atom. The number of thiazole rings is 1. The van der Waals surface area contributed by atoms with E-state index in [0.29, 0.717) is 13.0 Å². The van der Waals surface area contributed by atoms with Gasteiger partial charge in [0.1, 0.15) is 10.8 Å². The van der Waals surface area contributed by atoms with Crippen molar-refractivity contribution in [2.45, 2.75) is 26.0 Å². The molecule has 1 aliphatic heterocycles. The maximum atomic E-state index is 12.0. The van der Waals surface area contributed by atoms with Crippen LogP contribution in [-0.4, -0.2) is 17.0 Å². The van der Waals surface area contributed by atoms with Crippen LogP contribution in [-0.2, 0) is 17.8 Å². The Labute approximate surface area is 115 Å². The van der Waals surface area contributed by atoms with Gasteiger partial charge >= 0.3 is 0 Å². The third-order valence-corrected chi connectivity index (χ3v) is 3.99. The highest BCUT2D eigenvalue weighted by Gasteiger charge is 2.28. The zero-order chi connectivity index (χ0) is 13.2. The summed E-state index contributed by atoms with van der Waals surface area (Å²) in [5.41, 5.74) is 2.08. The molecule has 0 spiro atoms. The molecule has 0 aliphatic carbocycles. The number of carbonyl (C=O) groups is 1. The van der Waals surface area contributed by atoms with Gasteiger partial charge in [0.05, 0.1) is 6.54 Å². The molecule has 3 rings (SSSR count). The van der Waals surface area contributed by atoms with Crippen LogP contribution >= 0.6 is 11.3 Å². The molecule has 0 saturated heterocycles. The van der Waals surface area contributed by atoms with Gasteiger partial charge in [-0.25, -0.2) is 4.98 Å². The number of amides is 1. The third-order valence-electron chi connectivity index (χ3n) is 3.02. The summed E-state index contributed by atoms with van der Waals surface area (Å²) in [5.74, 6) is 0.733. The summed E-state index contributed by atoms with van der Waals surface area (Å²) in [6.07, 6.45) is 0.220. The zero-order valence-electron chi connectivity index (χ0n) is 10.6. The van der Waals surface area contributed by atoms with Crippen molar-refractivity contribution in [2.75, 3.05) is 0 Å². The van der Waals surface area contributed by atoms with Crippen LogP contribution in [0.1, 0.15) is 16.3 Å². The van der Waals surface area contributed by atoms with Crippen LogP contribution in [0.3, 0.4) is 0 Å². The number of ether oxygens (including phenoxy) is 1. The molecule has 5 heteroatoms. The lowest BCUT2D eigenvalue weighted by Gasteiger charge is -2.10. The predicted octanol–water partition coefficient (Wildman–Crippen LogP) is 2.07. The van der Waals surface area contributed by atoms with E-state index in [1.54, 1.807) is 11.3 Å². The minimum Gasteiger partial charge on any atom is -0.480 e. The van der Waals surface area contributed by atoms with E-state index in [4.69, 9.17) is 4.74 Å². The molecule has 0 fully saturated rings. The molecule has 1 aromatic carbocycles. The van der Waals surface area contributed by atoms with Crippen LogP contribution in [0.25, 0.3) is 0 Å². The van der Waals surface area contributed by atoms with E-state index in [1.807, 2.05) is 36.6 Å². The maximum Gasteiger partial charge on any atom is 0.261 e. The molecule has 0 bridgehead atoms. The first-order valence-corrected chi connectivity index (χ1v) is 7.03. The number of hydrogen-bond donors (Lipinski definition) is 1. The average Bonchev–Trinajstić information content (AvgIpc) is 3.01. The summed E-state index contributed by atoms with van der Waals surface area (Å²) < 4.78 is 5.63. The SMILES string of the molecule is Cc1csc(CNC(=O)[C@@H]2Cc3ccccc3O2)n1. The fourth-order valence-corrected chi connectivity index (χ4v) is 2.80. The predicted molar refractivity (Wildman–Crippen MR) is 73.3 cm³/mol. The Morgan fingerprint density at radius 1 is 1.53 bits per heavy atom. The number of rotatable bonds is 3. The molecule has 1 aliphatic rings. The second kappa shape index (κ2) is 5.01. The first kappa shape index (κ1) is 12.2. The first-order chi connectivity index (χ1) is 9.22. The van der Waals surface area contributed by atoms with Gasteiger partial charge in [-0.05, 0) is 18.6 Å². The molecule has 19 heavy (non-hydrogen) atoms. The van der Waals surface area contributed by atoms with Crippen molar-refractivity contribution in [1.29, 1.82) is 0 Å². The number of aromatic nitrogens is 1. The molecule has 1 amide bonds. The fourth-order valence-electron chi connectivity index (χ4n) is 2.09. The summed E-state index contributed by atoms with van der Waals surface area (Å²) in [4.78, 5) is 16.3. The van der Waals surface area contributed by atoms with Crippen molar-refractivity contribution in [3.63, 3.8) is 0 Å². The van der Waals surface area contributed by atoms with E-state index < -0.39 is 6.10 Å². The Bertz CT molecular complexity index is 584. The summed E-state index contributed by atoms with van der Waals surface area (Å²) in [5, 5.41) is 5.77. The lowest BCUT2D eigenvalue weighted by atomic mass is 10.1. The summed E-state index contributed by atoms with van der Waals surface area (Å²) >= 11 is 1.55. The lowest BCUT2D eigenvalue weighted by molar-refractivity contribution is -0.127. The van der Waals surface area contributed by atoms with Crippen LogP contribution in [0.15, 0.2) is 29.6 Å². The molecular weight excluding hydrogens is 260 g/mol. The van der Waals surface area contributed by atoms with Crippen molar-refractivity contribution in [1.82, 2.24) is 10.3 Å². The number of fused-ring (bicyclic) bond motifs is 1. The maximum absolute atomic E-state index is 12.0. The monoisotopic (exact) mass is 274 g/mol. The summed E-state index contributed by atoms with van der Waals surface area (Å²) in [7, 11) is 0. The van der Waals surface area contributed by atoms with Gasteiger partial charge in [0.2, 0.25) is 0 Å². The Balaban J connectivity index is 1.58. The third kappa shape index (κ3) is 2.61. The lowest BCUT2D eigenvalue weighted by Crippen LogP contribution is -2.36. The van der Waals surface area contributed by atoms with E-state index in [-0.39, 0.29) is 5.91 Å². The zero-order valence-corrected chi connectivity index (χ0v) is 11.4. The number of nitrogens with zero attached hydrogens (tertiary/aromatic N) is 1. The number of aryl methyl sites for hydroxylation is 1. The number of benzene rings is 1. The Morgan fingerprint density at radius 3 is 3.11 bits per heavy atom. The molecule has 0 unspecified atom stereocenters. The van der Waals surface area contributed by atoms with Crippen LogP contribution in [0.5, 0.6) is 5.75 Å². The van der Waals surface area contributed by atoms with E-state index in [2.05, 4.69) is 10.3 Å². The van der Waals surface area contributed by atoms with Crippen molar-refractivity contribution in [2.24, 2.45) is 0 Å². The summed E-state index contributed by atoms with van der Waals surface area (Å²) in [6, 6.07) is 7.76. The van der Waals surface area contributed by atoms with Gasteiger partial charge in [0, 0.05) is 17.5 Å². The molecule has 2 aromatic rings. The normalized spacial score (nSPS) is 16.8. The minimum absolute atomic E-state index is 0.0796. The van der Waals surface area contributed by atoms with Crippen LogP contribution in [0.2, 0.25) is 0 Å². The van der Waals surface area contributed by atoms with Crippen molar-refractivity contribution < 1.29 is 9.53 Å². The van der Waals surface area contributed by atoms with Crippen LogP contribution in [0.4, 0.5) is 0 Å². The highest BCUT2D eigenvalue weighted by molar-refractivity contribution is 7.09. The van der Waals surface area contributed by atoms with Gasteiger partial charge in [-0.2, -0.15) is 0 Å². The first-order valence-electron chi connectivity index (χ1n) is 6.15. The molecule has 1 N–H and O–H groups in total. The quantitative estimate of drug-likeness (QED) is 0.932. The molecule has 4 nitrogen and oxygen atoms in total. The number of carbonyl (C=O) groups excluding carboxylic acids is 1. The number of nitrogens with one attached hydrogen (secondary N) is 1. The topological polar surface area (TPSA) is 51.2 Å². The Kier molecular flexibility index (Phi) is 3.21. The van der Waals surface area contributed by atoms with E-state index in [9.17, 15) is 4.79 Å². The van der Waals surface area contributed by atoms with Gasteiger partial charge in [0.25, 0.3) is 5.91 Å². The van der Waals surface area contributed by atoms with Gasteiger partial charge in [-0.1, -0.05) is 18.2 Å². The van der Waals surface area contributed by atoms with Gasteiger partial charge in [0.15, 0.2) is 6.10 Å². The van der Waals surface area contributed by atoms with Gasteiger partial charge < -0.3 is 10.1 Å². The average molecular weight is 274 g/mol. The van der Waals surface area contributed by atoms with Crippen LogP contribution in [0, 0.1) is 6.92 Å². The van der Waals surface area contributed by atoms with E-state index in [0.717, 1.165) is 22.0 Å². The second-order valence-corrected chi connectivity index (χ2v) is 5.46. The van der Waals surface area contributed by atoms with Gasteiger partial charge in [-0.3, -0.25) is 4.79 Å². The molecular formula is C14H14N2O2S. The van der Waals surface area contributed by atoms with Crippen molar-refractivity contribution in [3.05, 3.63) is 45.9 Å². The fraction of sp³-hybridized carbons (Fsp3) is 0.286. The molecule has 0 radical (unpaired) electrons. The molecule has 1 aromatic heterocycles. The highest BCUT2D eigenvalue weighted by Crippen LogP contribution is 2.28. The van der Waals surface area contributed by atoms with Crippen molar-refractivity contribution >= 4 is 17.2 Å². The van der Waals surface area contributed by atoms with Crippen molar-refractivity contribution in [3.8, 4) is 5.75 Å². The highest BCUT2D eigenvalue weighted by atomic mass is 32.1. The van der Waals surface area contributed by atoms with Crippen LogP contribution < -0.4 is 10.1 Å². The largest absolute Gasteiger partial charge is 0.480 e. The molecule has 98 valence electrons. The number of para-hydroxylation sites is 1. The van der Waals surface area contributed by atoms with E-state index in [1.165, 1.54) is 0 Å². The molecule has 1 atom stereocenters. The summed E-state index contributed by atoms with van der Waals surface area (Å²) in [6.45, 7) is 2.41. The van der Waals surface area contributed by atoms with E-state index >= 15 is 0 Å². The molecule has 2 heterocycles. The second-order valence-electron chi connectivity index (χ2n) is 4.52.